The van der Waals surface area contributed by atoms with Crippen molar-refractivity contribution in [3.8, 4) is 11.1 Å². The highest BCUT2D eigenvalue weighted by Crippen LogP contribution is 2.31. The summed E-state index contributed by atoms with van der Waals surface area (Å²) in [5.41, 5.74) is 1.82. The van der Waals surface area contributed by atoms with Crippen molar-refractivity contribution in [3.63, 3.8) is 0 Å². The van der Waals surface area contributed by atoms with E-state index in [2.05, 4.69) is 20.7 Å². The van der Waals surface area contributed by atoms with Crippen LogP contribution in [0.15, 0.2) is 30.3 Å². The first kappa shape index (κ1) is 18.8. The van der Waals surface area contributed by atoms with Gasteiger partial charge in [-0.05, 0) is 62.2 Å². The molecule has 1 aliphatic heterocycles. The molecule has 1 amide bonds. The van der Waals surface area contributed by atoms with E-state index in [1.807, 2.05) is 13.0 Å². The van der Waals surface area contributed by atoms with Crippen molar-refractivity contribution in [3.05, 3.63) is 51.7 Å². The Kier molecular flexibility index (Phi) is 5.23. The van der Waals surface area contributed by atoms with Gasteiger partial charge in [0.2, 0.25) is 5.95 Å². The Balaban J connectivity index is 1.52. The standard InChI is InChI=1S/C20H22FN5OS/c1-12-16(13-3-5-15(21)6-4-13)11-17(28-12)19(27)24-20-23-18(25-26(20)2)14-7-9-22-10-8-14/h3-6,11,14,22H,7-10H2,1-2H3,(H,23,24,25,27). The van der Waals surface area contributed by atoms with Crippen LogP contribution in [0.25, 0.3) is 11.1 Å². The predicted octanol–water partition coefficient (Wildman–Crippen LogP) is 3.71. The number of hydrogen-bond acceptors (Lipinski definition) is 5. The van der Waals surface area contributed by atoms with Crippen LogP contribution in [0.2, 0.25) is 0 Å². The van der Waals surface area contributed by atoms with Gasteiger partial charge in [0.25, 0.3) is 5.91 Å². The lowest BCUT2D eigenvalue weighted by atomic mass is 9.98. The minimum atomic E-state index is -0.276. The fraction of sp³-hybridized carbons (Fsp3) is 0.350. The molecule has 8 heteroatoms. The Labute approximate surface area is 166 Å². The summed E-state index contributed by atoms with van der Waals surface area (Å²) in [6.45, 7) is 3.88. The van der Waals surface area contributed by atoms with Gasteiger partial charge in [-0.25, -0.2) is 9.07 Å². The number of carbonyl (C=O) groups excluding carboxylic acids is 1. The Bertz CT molecular complexity index is 989. The third-order valence-corrected chi connectivity index (χ3v) is 6.06. The number of nitrogens with one attached hydrogen (secondary N) is 2. The Morgan fingerprint density at radius 1 is 1.29 bits per heavy atom. The van der Waals surface area contributed by atoms with Crippen LogP contribution < -0.4 is 10.6 Å². The normalized spacial score (nSPS) is 15.0. The molecule has 3 aromatic rings. The third-order valence-electron chi connectivity index (χ3n) is 5.01. The van der Waals surface area contributed by atoms with Crippen LogP contribution in [0.5, 0.6) is 0 Å². The summed E-state index contributed by atoms with van der Waals surface area (Å²) in [4.78, 5) is 18.9. The molecule has 0 aliphatic carbocycles. The molecule has 0 atom stereocenters. The van der Waals surface area contributed by atoms with Gasteiger partial charge in [-0.3, -0.25) is 10.1 Å². The molecule has 2 aromatic heterocycles. The second kappa shape index (κ2) is 7.81. The smallest absolute Gasteiger partial charge is 0.268 e. The zero-order valence-corrected chi connectivity index (χ0v) is 16.6. The Hall–Kier alpha value is -2.58. The van der Waals surface area contributed by atoms with Gasteiger partial charge in [-0.15, -0.1) is 11.3 Å². The van der Waals surface area contributed by atoms with Crippen molar-refractivity contribution < 1.29 is 9.18 Å². The third kappa shape index (κ3) is 3.83. The highest BCUT2D eigenvalue weighted by molar-refractivity contribution is 7.14. The molecule has 1 saturated heterocycles. The molecule has 28 heavy (non-hydrogen) atoms. The molecule has 1 aromatic carbocycles. The van der Waals surface area contributed by atoms with Gasteiger partial charge in [0.15, 0.2) is 5.82 Å². The number of carbonyl (C=O) groups is 1. The molecule has 6 nitrogen and oxygen atoms in total. The molecule has 0 radical (unpaired) electrons. The molecule has 1 fully saturated rings. The second-order valence-electron chi connectivity index (χ2n) is 6.98. The van der Waals surface area contributed by atoms with Gasteiger partial charge < -0.3 is 5.32 Å². The van der Waals surface area contributed by atoms with Crippen LogP contribution in [-0.2, 0) is 7.05 Å². The molecule has 0 saturated carbocycles. The van der Waals surface area contributed by atoms with E-state index in [9.17, 15) is 9.18 Å². The van der Waals surface area contributed by atoms with Gasteiger partial charge in [-0.1, -0.05) is 12.1 Å². The molecule has 0 unspecified atom stereocenters. The highest BCUT2D eigenvalue weighted by Gasteiger charge is 2.22. The molecule has 2 N–H and O–H groups in total. The lowest BCUT2D eigenvalue weighted by Crippen LogP contribution is -2.27. The van der Waals surface area contributed by atoms with Crippen LogP contribution in [-0.4, -0.2) is 33.8 Å². The molecule has 3 heterocycles. The largest absolute Gasteiger partial charge is 0.317 e. The number of amides is 1. The summed E-state index contributed by atoms with van der Waals surface area (Å²) in [6.07, 6.45) is 2.01. The van der Waals surface area contributed by atoms with E-state index >= 15 is 0 Å². The Morgan fingerprint density at radius 2 is 2.00 bits per heavy atom. The minimum Gasteiger partial charge on any atom is -0.317 e. The first-order chi connectivity index (χ1) is 13.5. The number of anilines is 1. The summed E-state index contributed by atoms with van der Waals surface area (Å²) >= 11 is 1.41. The number of piperidine rings is 1. The van der Waals surface area contributed by atoms with E-state index in [1.165, 1.54) is 23.5 Å². The summed E-state index contributed by atoms with van der Waals surface area (Å²) in [6, 6.07) is 8.13. The topological polar surface area (TPSA) is 71.8 Å². The van der Waals surface area contributed by atoms with Crippen LogP contribution in [0.4, 0.5) is 10.3 Å². The average Bonchev–Trinajstić information content (AvgIpc) is 3.26. The van der Waals surface area contributed by atoms with Gasteiger partial charge in [0.05, 0.1) is 4.88 Å². The highest BCUT2D eigenvalue weighted by atomic mass is 32.1. The first-order valence-electron chi connectivity index (χ1n) is 9.30. The van der Waals surface area contributed by atoms with Gasteiger partial charge in [0, 0.05) is 17.8 Å². The number of aryl methyl sites for hydroxylation is 2. The van der Waals surface area contributed by atoms with Crippen molar-refractivity contribution in [2.45, 2.75) is 25.7 Å². The van der Waals surface area contributed by atoms with E-state index in [0.717, 1.165) is 47.8 Å². The molecular formula is C20H22FN5OS. The van der Waals surface area contributed by atoms with Crippen molar-refractivity contribution in [2.24, 2.45) is 7.05 Å². The van der Waals surface area contributed by atoms with Crippen LogP contribution in [0.1, 0.15) is 39.1 Å². The number of aromatic nitrogens is 3. The van der Waals surface area contributed by atoms with Gasteiger partial charge >= 0.3 is 0 Å². The van der Waals surface area contributed by atoms with Crippen LogP contribution in [0, 0.1) is 12.7 Å². The number of benzene rings is 1. The summed E-state index contributed by atoms with van der Waals surface area (Å²) in [5.74, 6) is 1.07. The van der Waals surface area contributed by atoms with E-state index in [4.69, 9.17) is 0 Å². The van der Waals surface area contributed by atoms with E-state index < -0.39 is 0 Å². The van der Waals surface area contributed by atoms with Crippen LogP contribution >= 0.6 is 11.3 Å². The molecule has 0 spiro atoms. The summed E-state index contributed by atoms with van der Waals surface area (Å²) in [7, 11) is 1.79. The number of nitrogens with zero attached hydrogens (tertiary/aromatic N) is 3. The number of rotatable bonds is 4. The predicted molar refractivity (Wildman–Crippen MR) is 108 cm³/mol. The summed E-state index contributed by atoms with van der Waals surface area (Å²) in [5, 5.41) is 10.7. The second-order valence-corrected chi connectivity index (χ2v) is 8.24. The van der Waals surface area contributed by atoms with Crippen molar-refractivity contribution in [1.82, 2.24) is 20.1 Å². The maximum absolute atomic E-state index is 13.2. The zero-order chi connectivity index (χ0) is 19.7. The minimum absolute atomic E-state index is 0.214. The number of hydrogen-bond donors (Lipinski definition) is 2. The van der Waals surface area contributed by atoms with Crippen molar-refractivity contribution >= 4 is 23.2 Å². The molecule has 1 aliphatic rings. The van der Waals surface area contributed by atoms with Crippen molar-refractivity contribution in [2.75, 3.05) is 18.4 Å². The number of thiophene rings is 1. The van der Waals surface area contributed by atoms with Gasteiger partial charge in [0.1, 0.15) is 5.82 Å². The quantitative estimate of drug-likeness (QED) is 0.702. The van der Waals surface area contributed by atoms with E-state index in [0.29, 0.717) is 16.7 Å². The molecular weight excluding hydrogens is 377 g/mol. The first-order valence-corrected chi connectivity index (χ1v) is 10.1. The average molecular weight is 399 g/mol. The lowest BCUT2D eigenvalue weighted by Gasteiger charge is -2.19. The molecule has 4 rings (SSSR count). The Morgan fingerprint density at radius 3 is 2.71 bits per heavy atom. The summed E-state index contributed by atoms with van der Waals surface area (Å²) < 4.78 is 14.8. The zero-order valence-electron chi connectivity index (χ0n) is 15.8. The molecule has 0 bridgehead atoms. The van der Waals surface area contributed by atoms with Crippen molar-refractivity contribution in [1.29, 1.82) is 0 Å². The van der Waals surface area contributed by atoms with Gasteiger partial charge in [-0.2, -0.15) is 10.1 Å². The van der Waals surface area contributed by atoms with Crippen LogP contribution in [0.3, 0.4) is 0 Å². The fourth-order valence-electron chi connectivity index (χ4n) is 3.44. The maximum atomic E-state index is 13.2. The number of halogens is 1. The fourth-order valence-corrected chi connectivity index (χ4v) is 4.38. The maximum Gasteiger partial charge on any atom is 0.268 e. The lowest BCUT2D eigenvalue weighted by molar-refractivity contribution is 0.102. The molecule has 146 valence electrons. The van der Waals surface area contributed by atoms with E-state index in [-0.39, 0.29) is 11.7 Å². The monoisotopic (exact) mass is 399 g/mol. The SMILES string of the molecule is Cc1sc(C(=O)Nc2nc(C3CCNCC3)nn2C)cc1-c1ccc(F)cc1. The van der Waals surface area contributed by atoms with E-state index in [1.54, 1.807) is 23.9 Å².